The SMILES string of the molecule is c1ccc(CC2CNCCC23CCCC3)cc1. The van der Waals surface area contributed by atoms with E-state index in [1.54, 1.807) is 0 Å². The normalized spacial score (nSPS) is 27.4. The van der Waals surface area contributed by atoms with Gasteiger partial charge in [0.1, 0.15) is 0 Å². The Morgan fingerprint density at radius 1 is 1.06 bits per heavy atom. The highest BCUT2D eigenvalue weighted by atomic mass is 14.9. The molecule has 1 aliphatic carbocycles. The number of hydrogen-bond acceptors (Lipinski definition) is 1. The van der Waals surface area contributed by atoms with Crippen LogP contribution in [0.4, 0.5) is 0 Å². The molecule has 1 atom stereocenters. The maximum Gasteiger partial charge on any atom is -0.00120 e. The summed E-state index contributed by atoms with van der Waals surface area (Å²) in [7, 11) is 0. The topological polar surface area (TPSA) is 12.0 Å². The van der Waals surface area contributed by atoms with Crippen molar-refractivity contribution in [3.05, 3.63) is 35.9 Å². The summed E-state index contributed by atoms with van der Waals surface area (Å²) in [5, 5.41) is 3.61. The van der Waals surface area contributed by atoms with Gasteiger partial charge < -0.3 is 5.32 Å². The van der Waals surface area contributed by atoms with E-state index in [2.05, 4.69) is 35.6 Å². The average molecular weight is 229 g/mol. The van der Waals surface area contributed by atoms with Gasteiger partial charge in [0.2, 0.25) is 0 Å². The van der Waals surface area contributed by atoms with E-state index in [4.69, 9.17) is 0 Å². The Hall–Kier alpha value is -0.820. The van der Waals surface area contributed by atoms with Crippen molar-refractivity contribution in [1.29, 1.82) is 0 Å². The zero-order chi connectivity index (χ0) is 11.6. The van der Waals surface area contributed by atoms with Gasteiger partial charge in [-0.3, -0.25) is 0 Å². The molecule has 1 aliphatic heterocycles. The van der Waals surface area contributed by atoms with Gasteiger partial charge in [0.25, 0.3) is 0 Å². The van der Waals surface area contributed by atoms with Gasteiger partial charge in [-0.1, -0.05) is 43.2 Å². The fourth-order valence-electron chi connectivity index (χ4n) is 3.96. The van der Waals surface area contributed by atoms with Gasteiger partial charge in [-0.2, -0.15) is 0 Å². The summed E-state index contributed by atoms with van der Waals surface area (Å²) in [6.07, 6.45) is 8.56. The van der Waals surface area contributed by atoms with Crippen molar-refractivity contribution in [2.24, 2.45) is 11.3 Å². The van der Waals surface area contributed by atoms with E-state index in [1.807, 2.05) is 0 Å². The molecule has 1 aromatic rings. The number of rotatable bonds is 2. The summed E-state index contributed by atoms with van der Waals surface area (Å²) in [6, 6.07) is 11.0. The molecule has 1 heteroatoms. The van der Waals surface area contributed by atoms with E-state index >= 15 is 0 Å². The Kier molecular flexibility index (Phi) is 3.19. The van der Waals surface area contributed by atoms with E-state index in [0.717, 1.165) is 5.92 Å². The number of hydrogen-bond donors (Lipinski definition) is 1. The lowest BCUT2D eigenvalue weighted by Crippen LogP contribution is -2.44. The van der Waals surface area contributed by atoms with Crippen molar-refractivity contribution in [3.63, 3.8) is 0 Å². The molecular formula is C16H23N. The average Bonchev–Trinajstić information content (AvgIpc) is 2.83. The van der Waals surface area contributed by atoms with E-state index in [1.165, 1.54) is 57.2 Å². The minimum absolute atomic E-state index is 0.682. The second-order valence-corrected chi connectivity index (χ2v) is 5.91. The molecule has 3 rings (SSSR count). The molecule has 1 unspecified atom stereocenters. The fraction of sp³-hybridized carbons (Fsp3) is 0.625. The predicted molar refractivity (Wildman–Crippen MR) is 72.0 cm³/mol. The van der Waals surface area contributed by atoms with Crippen molar-refractivity contribution in [2.75, 3.05) is 13.1 Å². The minimum atomic E-state index is 0.682. The van der Waals surface area contributed by atoms with Gasteiger partial charge in [0.15, 0.2) is 0 Å². The number of piperidine rings is 1. The molecule has 0 bridgehead atoms. The number of benzene rings is 1. The van der Waals surface area contributed by atoms with E-state index in [0.29, 0.717) is 5.41 Å². The monoisotopic (exact) mass is 229 g/mol. The Balaban J connectivity index is 1.76. The van der Waals surface area contributed by atoms with Gasteiger partial charge in [-0.15, -0.1) is 0 Å². The molecular weight excluding hydrogens is 206 g/mol. The van der Waals surface area contributed by atoms with E-state index in [-0.39, 0.29) is 0 Å². The van der Waals surface area contributed by atoms with Gasteiger partial charge in [-0.25, -0.2) is 0 Å². The third-order valence-electron chi connectivity index (χ3n) is 4.98. The molecule has 1 spiro atoms. The van der Waals surface area contributed by atoms with E-state index in [9.17, 15) is 0 Å². The summed E-state index contributed by atoms with van der Waals surface area (Å²) >= 11 is 0. The first-order chi connectivity index (χ1) is 8.39. The summed E-state index contributed by atoms with van der Waals surface area (Å²) in [5.41, 5.74) is 2.20. The second kappa shape index (κ2) is 4.81. The van der Waals surface area contributed by atoms with Crippen molar-refractivity contribution in [1.82, 2.24) is 5.32 Å². The minimum Gasteiger partial charge on any atom is -0.316 e. The smallest absolute Gasteiger partial charge is 0.00120 e. The van der Waals surface area contributed by atoms with Crippen LogP contribution in [0, 0.1) is 11.3 Å². The Morgan fingerprint density at radius 3 is 2.59 bits per heavy atom. The largest absolute Gasteiger partial charge is 0.316 e. The second-order valence-electron chi connectivity index (χ2n) is 5.91. The Bertz CT molecular complexity index is 351. The third-order valence-corrected chi connectivity index (χ3v) is 4.98. The van der Waals surface area contributed by atoms with Crippen LogP contribution >= 0.6 is 0 Å². The van der Waals surface area contributed by atoms with Crippen molar-refractivity contribution in [2.45, 2.75) is 38.5 Å². The van der Waals surface area contributed by atoms with Crippen LogP contribution in [0.15, 0.2) is 30.3 Å². The molecule has 1 heterocycles. The van der Waals surface area contributed by atoms with Crippen molar-refractivity contribution < 1.29 is 0 Å². The molecule has 1 nitrogen and oxygen atoms in total. The molecule has 1 N–H and O–H groups in total. The summed E-state index contributed by atoms with van der Waals surface area (Å²) in [6.45, 7) is 2.47. The highest BCUT2D eigenvalue weighted by Crippen LogP contribution is 2.49. The van der Waals surface area contributed by atoms with Crippen LogP contribution in [-0.2, 0) is 6.42 Å². The first-order valence-corrected chi connectivity index (χ1v) is 7.14. The zero-order valence-electron chi connectivity index (χ0n) is 10.6. The highest BCUT2D eigenvalue weighted by molar-refractivity contribution is 5.16. The molecule has 2 fully saturated rings. The fourth-order valence-corrected chi connectivity index (χ4v) is 3.96. The quantitative estimate of drug-likeness (QED) is 0.819. The van der Waals surface area contributed by atoms with Crippen molar-refractivity contribution >= 4 is 0 Å². The molecule has 1 aromatic carbocycles. The third kappa shape index (κ3) is 2.26. The van der Waals surface area contributed by atoms with Crippen LogP contribution in [0.2, 0.25) is 0 Å². The van der Waals surface area contributed by atoms with Gasteiger partial charge in [-0.05, 0) is 55.7 Å². The lowest BCUT2D eigenvalue weighted by atomic mass is 9.67. The van der Waals surface area contributed by atoms with Gasteiger partial charge in [0.05, 0.1) is 0 Å². The Labute approximate surface area is 105 Å². The predicted octanol–water partition coefficient (Wildman–Crippen LogP) is 3.40. The van der Waals surface area contributed by atoms with Crippen LogP contribution in [0.3, 0.4) is 0 Å². The molecule has 0 radical (unpaired) electrons. The lowest BCUT2D eigenvalue weighted by Gasteiger charge is -2.42. The zero-order valence-corrected chi connectivity index (χ0v) is 10.6. The molecule has 0 amide bonds. The van der Waals surface area contributed by atoms with Crippen LogP contribution in [0.25, 0.3) is 0 Å². The van der Waals surface area contributed by atoms with Crippen LogP contribution in [0.5, 0.6) is 0 Å². The lowest BCUT2D eigenvalue weighted by molar-refractivity contribution is 0.114. The summed E-state index contributed by atoms with van der Waals surface area (Å²) in [4.78, 5) is 0. The highest BCUT2D eigenvalue weighted by Gasteiger charge is 2.42. The Morgan fingerprint density at radius 2 is 1.82 bits per heavy atom. The summed E-state index contributed by atoms with van der Waals surface area (Å²) in [5.74, 6) is 0.862. The maximum absolute atomic E-state index is 3.61. The van der Waals surface area contributed by atoms with Crippen LogP contribution in [0.1, 0.15) is 37.7 Å². The first kappa shape index (κ1) is 11.3. The van der Waals surface area contributed by atoms with Gasteiger partial charge >= 0.3 is 0 Å². The summed E-state index contributed by atoms with van der Waals surface area (Å²) < 4.78 is 0. The molecule has 2 aliphatic rings. The van der Waals surface area contributed by atoms with Crippen LogP contribution < -0.4 is 5.32 Å². The van der Waals surface area contributed by atoms with Gasteiger partial charge in [0, 0.05) is 0 Å². The molecule has 1 saturated heterocycles. The maximum atomic E-state index is 3.61. The molecule has 92 valence electrons. The molecule has 1 saturated carbocycles. The molecule has 17 heavy (non-hydrogen) atoms. The molecule has 0 aromatic heterocycles. The van der Waals surface area contributed by atoms with E-state index < -0.39 is 0 Å². The van der Waals surface area contributed by atoms with Crippen LogP contribution in [-0.4, -0.2) is 13.1 Å². The standard InChI is InChI=1S/C16H23N/c1-2-6-14(7-3-1)12-15-13-17-11-10-16(15)8-4-5-9-16/h1-3,6-7,15,17H,4-5,8-13H2. The van der Waals surface area contributed by atoms with Crippen molar-refractivity contribution in [3.8, 4) is 0 Å². The number of nitrogens with one attached hydrogen (secondary N) is 1. The first-order valence-electron chi connectivity index (χ1n) is 7.14.